The molecule has 1 N–H and O–H groups in total. The van der Waals surface area contributed by atoms with Gasteiger partial charge in [-0.15, -0.1) is 0 Å². The fraction of sp³-hybridized carbons (Fsp3) is 0.600. The molecule has 1 fully saturated rings. The quantitative estimate of drug-likeness (QED) is 0.925. The molecule has 0 amide bonds. The Morgan fingerprint density at radius 2 is 2.15 bits per heavy atom. The summed E-state index contributed by atoms with van der Waals surface area (Å²) >= 11 is 0. The molecule has 5 heteroatoms. The summed E-state index contributed by atoms with van der Waals surface area (Å²) in [5.41, 5.74) is 2.02. The van der Waals surface area contributed by atoms with Crippen molar-refractivity contribution in [3.8, 4) is 0 Å². The van der Waals surface area contributed by atoms with Gasteiger partial charge in [0.15, 0.2) is 9.84 Å². The molecule has 1 unspecified atom stereocenters. The van der Waals surface area contributed by atoms with Gasteiger partial charge in [0.1, 0.15) is 0 Å². The van der Waals surface area contributed by atoms with E-state index in [0.29, 0.717) is 10.8 Å². The van der Waals surface area contributed by atoms with Crippen LogP contribution in [0.25, 0.3) is 0 Å². The van der Waals surface area contributed by atoms with Crippen molar-refractivity contribution in [2.45, 2.75) is 24.7 Å². The van der Waals surface area contributed by atoms with E-state index in [4.69, 9.17) is 0 Å². The van der Waals surface area contributed by atoms with Crippen LogP contribution in [0.5, 0.6) is 0 Å². The predicted molar refractivity (Wildman–Crippen MR) is 83.0 cm³/mol. The Morgan fingerprint density at radius 3 is 2.80 bits per heavy atom. The van der Waals surface area contributed by atoms with Crippen molar-refractivity contribution < 1.29 is 8.42 Å². The van der Waals surface area contributed by atoms with Gasteiger partial charge in [-0.05, 0) is 57.0 Å². The average Bonchev–Trinajstić information content (AvgIpc) is 2.36. The monoisotopic (exact) mass is 296 g/mol. The van der Waals surface area contributed by atoms with Crippen molar-refractivity contribution in [2.24, 2.45) is 5.92 Å². The smallest absolute Gasteiger partial charge is 0.175 e. The van der Waals surface area contributed by atoms with Gasteiger partial charge in [0.2, 0.25) is 0 Å². The van der Waals surface area contributed by atoms with E-state index in [2.05, 4.69) is 17.3 Å². The Balaban J connectivity index is 2.05. The summed E-state index contributed by atoms with van der Waals surface area (Å²) in [5.74, 6) is 0.634. The highest BCUT2D eigenvalue weighted by molar-refractivity contribution is 7.90. The fourth-order valence-corrected chi connectivity index (χ4v) is 3.36. The molecule has 0 radical (unpaired) electrons. The van der Waals surface area contributed by atoms with Crippen molar-refractivity contribution in [3.63, 3.8) is 0 Å². The van der Waals surface area contributed by atoms with Crippen LogP contribution in [-0.4, -0.2) is 46.3 Å². The lowest BCUT2D eigenvalue weighted by Gasteiger charge is -2.30. The average molecular weight is 296 g/mol. The molecule has 1 aromatic carbocycles. The Hall–Kier alpha value is -1.07. The standard InChI is InChI=1S/C15H24N2O2S/c1-12-6-7-14(20(3,18)19)9-15(12)16-10-13-5-4-8-17(2)11-13/h6-7,9,13,16H,4-5,8,10-11H2,1-3H3. The van der Waals surface area contributed by atoms with Crippen LogP contribution >= 0.6 is 0 Å². The maximum absolute atomic E-state index is 11.6. The lowest BCUT2D eigenvalue weighted by molar-refractivity contribution is 0.217. The Morgan fingerprint density at radius 1 is 1.40 bits per heavy atom. The summed E-state index contributed by atoms with van der Waals surface area (Å²) in [4.78, 5) is 2.74. The molecule has 1 saturated heterocycles. The molecule has 20 heavy (non-hydrogen) atoms. The number of hydrogen-bond donors (Lipinski definition) is 1. The number of rotatable bonds is 4. The van der Waals surface area contributed by atoms with Gasteiger partial charge in [-0.1, -0.05) is 6.07 Å². The van der Waals surface area contributed by atoms with E-state index in [1.165, 1.54) is 25.6 Å². The van der Waals surface area contributed by atoms with Crippen LogP contribution in [0.4, 0.5) is 5.69 Å². The third kappa shape index (κ3) is 3.96. The molecule has 1 atom stereocenters. The number of aryl methyl sites for hydroxylation is 1. The van der Waals surface area contributed by atoms with Gasteiger partial charge in [0.05, 0.1) is 4.90 Å². The number of anilines is 1. The summed E-state index contributed by atoms with van der Waals surface area (Å²) in [6.07, 6.45) is 3.73. The van der Waals surface area contributed by atoms with E-state index in [9.17, 15) is 8.42 Å². The van der Waals surface area contributed by atoms with Crippen LogP contribution in [-0.2, 0) is 9.84 Å². The van der Waals surface area contributed by atoms with E-state index >= 15 is 0 Å². The van der Waals surface area contributed by atoms with Gasteiger partial charge in [-0.25, -0.2) is 8.42 Å². The van der Waals surface area contributed by atoms with Crippen molar-refractivity contribution >= 4 is 15.5 Å². The molecule has 1 aromatic rings. The maximum atomic E-state index is 11.6. The zero-order chi connectivity index (χ0) is 14.8. The van der Waals surface area contributed by atoms with Crippen molar-refractivity contribution in [2.75, 3.05) is 38.3 Å². The summed E-state index contributed by atoms with van der Waals surface area (Å²) in [5, 5.41) is 3.42. The van der Waals surface area contributed by atoms with E-state index in [1.807, 2.05) is 13.0 Å². The minimum atomic E-state index is -3.14. The van der Waals surface area contributed by atoms with Crippen LogP contribution in [0, 0.1) is 12.8 Å². The molecule has 0 aromatic heterocycles. The molecule has 1 aliphatic rings. The van der Waals surface area contributed by atoms with Gasteiger partial charge in [-0.3, -0.25) is 0 Å². The van der Waals surface area contributed by atoms with Crippen LogP contribution in [0.3, 0.4) is 0 Å². The largest absolute Gasteiger partial charge is 0.384 e. The van der Waals surface area contributed by atoms with Gasteiger partial charge in [0.25, 0.3) is 0 Å². The molecular weight excluding hydrogens is 272 g/mol. The number of likely N-dealkylation sites (tertiary alicyclic amines) is 1. The van der Waals surface area contributed by atoms with Crippen molar-refractivity contribution in [1.29, 1.82) is 0 Å². The molecule has 4 nitrogen and oxygen atoms in total. The predicted octanol–water partition coefficient (Wildman–Crippen LogP) is 2.15. The number of piperidine rings is 1. The van der Waals surface area contributed by atoms with Gasteiger partial charge in [0, 0.05) is 25.0 Å². The Bertz CT molecular complexity index is 569. The minimum Gasteiger partial charge on any atom is -0.384 e. The lowest BCUT2D eigenvalue weighted by Crippen LogP contribution is -2.35. The summed E-state index contributed by atoms with van der Waals surface area (Å²) in [7, 11) is -0.988. The molecule has 0 saturated carbocycles. The zero-order valence-electron chi connectivity index (χ0n) is 12.5. The minimum absolute atomic E-state index is 0.381. The molecule has 0 spiro atoms. The van der Waals surface area contributed by atoms with Gasteiger partial charge in [-0.2, -0.15) is 0 Å². The number of sulfone groups is 1. The summed E-state index contributed by atoms with van der Waals surface area (Å²) in [6, 6.07) is 5.28. The highest BCUT2D eigenvalue weighted by atomic mass is 32.2. The number of nitrogens with zero attached hydrogens (tertiary/aromatic N) is 1. The number of nitrogens with one attached hydrogen (secondary N) is 1. The van der Waals surface area contributed by atoms with Crippen LogP contribution < -0.4 is 5.32 Å². The van der Waals surface area contributed by atoms with E-state index in [1.54, 1.807) is 12.1 Å². The first kappa shape index (κ1) is 15.3. The third-order valence-corrected chi connectivity index (χ3v) is 5.05. The molecule has 1 aliphatic heterocycles. The van der Waals surface area contributed by atoms with E-state index < -0.39 is 9.84 Å². The Kier molecular flexibility index (Phi) is 4.70. The lowest BCUT2D eigenvalue weighted by atomic mass is 9.98. The first-order chi connectivity index (χ1) is 9.36. The van der Waals surface area contributed by atoms with E-state index in [-0.39, 0.29) is 0 Å². The normalized spacial score (nSPS) is 20.9. The van der Waals surface area contributed by atoms with Gasteiger partial charge < -0.3 is 10.2 Å². The highest BCUT2D eigenvalue weighted by Gasteiger charge is 2.17. The van der Waals surface area contributed by atoms with Crippen LogP contribution in [0.15, 0.2) is 23.1 Å². The molecule has 0 bridgehead atoms. The maximum Gasteiger partial charge on any atom is 0.175 e. The van der Waals surface area contributed by atoms with Crippen molar-refractivity contribution in [1.82, 2.24) is 4.90 Å². The fourth-order valence-electron chi connectivity index (χ4n) is 2.72. The van der Waals surface area contributed by atoms with Crippen molar-refractivity contribution in [3.05, 3.63) is 23.8 Å². The second kappa shape index (κ2) is 6.14. The molecule has 1 heterocycles. The SMILES string of the molecule is Cc1ccc(S(C)(=O)=O)cc1NCC1CCCN(C)C1. The number of hydrogen-bond acceptors (Lipinski definition) is 4. The topological polar surface area (TPSA) is 49.4 Å². The first-order valence-electron chi connectivity index (χ1n) is 7.09. The zero-order valence-corrected chi connectivity index (χ0v) is 13.3. The summed E-state index contributed by atoms with van der Waals surface area (Å²) in [6.45, 7) is 5.19. The molecule has 2 rings (SSSR count). The van der Waals surface area contributed by atoms with Gasteiger partial charge >= 0.3 is 0 Å². The summed E-state index contributed by atoms with van der Waals surface area (Å²) < 4.78 is 23.2. The molecular formula is C15H24N2O2S. The molecule has 0 aliphatic carbocycles. The molecule has 112 valence electrons. The second-order valence-corrected chi connectivity index (χ2v) is 7.92. The van der Waals surface area contributed by atoms with Crippen LogP contribution in [0.2, 0.25) is 0 Å². The second-order valence-electron chi connectivity index (χ2n) is 5.90. The first-order valence-corrected chi connectivity index (χ1v) is 8.98. The van der Waals surface area contributed by atoms with E-state index in [0.717, 1.165) is 24.3 Å². The van der Waals surface area contributed by atoms with Crippen LogP contribution in [0.1, 0.15) is 18.4 Å². The highest BCUT2D eigenvalue weighted by Crippen LogP contribution is 2.22. The number of benzene rings is 1. The third-order valence-electron chi connectivity index (χ3n) is 3.94. The Labute approximate surface area is 122 Å².